The first-order chi connectivity index (χ1) is 28.8. The normalized spacial score (nSPS) is 17.7. The first kappa shape index (κ1) is 41.1. The van der Waals surface area contributed by atoms with Gasteiger partial charge in [0, 0.05) is 44.9 Å². The maximum Gasteiger partial charge on any atom is 0.494 e. The molecule has 0 N–H and O–H groups in total. The van der Waals surface area contributed by atoms with Gasteiger partial charge in [0.2, 0.25) is 0 Å². The molecule has 0 atom stereocenters. The molecule has 0 bridgehead atoms. The van der Waals surface area contributed by atoms with E-state index in [1.54, 1.807) is 0 Å². The van der Waals surface area contributed by atoms with Crippen LogP contribution in [0, 0.1) is 27.7 Å². The quantitative estimate of drug-likeness (QED) is 0.142. The largest absolute Gasteiger partial charge is 0.494 e. The van der Waals surface area contributed by atoms with Crippen LogP contribution in [-0.4, -0.2) is 36.6 Å². The van der Waals surface area contributed by atoms with E-state index in [4.69, 9.17) is 23.0 Å². The molecule has 2 aliphatic rings. The van der Waals surface area contributed by atoms with Gasteiger partial charge in [0.25, 0.3) is 0 Å². The Morgan fingerprint density at radius 1 is 0.377 bits per heavy atom. The Bertz CT molecular complexity index is 2570. The zero-order valence-electron chi connectivity index (χ0n) is 37.6. The lowest BCUT2D eigenvalue weighted by Crippen LogP contribution is -2.41. The van der Waals surface area contributed by atoms with Gasteiger partial charge in [-0.25, -0.2) is 0 Å². The predicted molar refractivity (Wildman–Crippen MR) is 253 cm³/mol. The Morgan fingerprint density at radius 3 is 1.03 bits per heavy atom. The maximum absolute atomic E-state index is 6.54. The van der Waals surface area contributed by atoms with E-state index in [2.05, 4.69) is 214 Å². The van der Waals surface area contributed by atoms with Crippen molar-refractivity contribution in [1.29, 1.82) is 0 Å². The third-order valence-electron chi connectivity index (χ3n) is 13.5. The van der Waals surface area contributed by atoms with Crippen molar-refractivity contribution in [2.24, 2.45) is 0 Å². The molecule has 0 radical (unpaired) electrons. The van der Waals surface area contributed by atoms with E-state index < -0.39 is 36.6 Å². The molecule has 7 aromatic rings. The Morgan fingerprint density at radius 2 is 0.705 bits per heavy atom. The van der Waals surface area contributed by atoms with Crippen LogP contribution < -0.4 is 20.7 Å². The molecule has 0 spiro atoms. The van der Waals surface area contributed by atoms with E-state index in [0.717, 1.165) is 67.0 Å². The molecule has 7 nitrogen and oxygen atoms in total. The Balaban J connectivity index is 1.13. The van der Waals surface area contributed by atoms with Gasteiger partial charge in [-0.15, -0.1) is 0 Å². The van der Waals surface area contributed by atoms with Crippen LogP contribution in [0.1, 0.15) is 77.6 Å². The van der Waals surface area contributed by atoms with Crippen molar-refractivity contribution in [3.8, 4) is 0 Å². The van der Waals surface area contributed by atoms with E-state index in [1.807, 2.05) is 0 Å². The molecule has 9 rings (SSSR count). The van der Waals surface area contributed by atoms with E-state index in [1.165, 1.54) is 22.3 Å². The predicted octanol–water partition coefficient (Wildman–Crippen LogP) is 12.4. The molecular formula is C52H56B2N2O5. The van der Waals surface area contributed by atoms with Crippen molar-refractivity contribution in [2.45, 2.75) is 105 Å². The van der Waals surface area contributed by atoms with Gasteiger partial charge in [0.15, 0.2) is 0 Å². The first-order valence-corrected chi connectivity index (χ1v) is 21.4. The minimum absolute atomic E-state index is 0.417. The highest BCUT2D eigenvalue weighted by Gasteiger charge is 2.52. The molecule has 61 heavy (non-hydrogen) atoms. The highest BCUT2D eigenvalue weighted by Crippen LogP contribution is 2.44. The van der Waals surface area contributed by atoms with E-state index >= 15 is 0 Å². The summed E-state index contributed by atoms with van der Waals surface area (Å²) in [5.74, 6) is 0. The van der Waals surface area contributed by atoms with Crippen molar-refractivity contribution >= 4 is 81.2 Å². The molecule has 2 fully saturated rings. The first-order valence-electron chi connectivity index (χ1n) is 21.4. The second kappa shape index (κ2) is 14.7. The number of furan rings is 1. The summed E-state index contributed by atoms with van der Waals surface area (Å²) in [6, 6.07) is 43.4. The minimum atomic E-state index is -0.437. The van der Waals surface area contributed by atoms with Crippen LogP contribution in [0.3, 0.4) is 0 Å². The second-order valence-electron chi connectivity index (χ2n) is 19.1. The van der Waals surface area contributed by atoms with Gasteiger partial charge in [0.05, 0.1) is 22.4 Å². The topological polar surface area (TPSA) is 56.5 Å². The van der Waals surface area contributed by atoms with E-state index in [9.17, 15) is 0 Å². The lowest BCUT2D eigenvalue weighted by Gasteiger charge is -2.32. The molecule has 3 heterocycles. The standard InChI is InChI=1S/C52H56B2N2O5/c1-33-13-25-45(35(3)29-33)55(39-19-15-37(16-20-39)53-58-49(5,6)50(7,8)59-53)41-23-27-47-43(31-41)44-32-42(24-28-48(44)57-47)56(46-26-14-34(2)30-36(46)4)40-21-17-38(18-22-40)54-60-51(9,10)52(11,12)61-54/h13-32H,1-12H3. The number of hydrogen-bond donors (Lipinski definition) is 0. The smallest absolute Gasteiger partial charge is 0.456 e. The fourth-order valence-corrected chi connectivity index (χ4v) is 8.52. The monoisotopic (exact) mass is 810 g/mol. The van der Waals surface area contributed by atoms with Crippen LogP contribution in [0.25, 0.3) is 21.9 Å². The van der Waals surface area contributed by atoms with Gasteiger partial charge < -0.3 is 32.8 Å². The number of fused-ring (bicyclic) bond motifs is 3. The van der Waals surface area contributed by atoms with Gasteiger partial charge in [-0.1, -0.05) is 59.7 Å². The Labute approximate surface area is 361 Å². The average molecular weight is 811 g/mol. The molecule has 310 valence electrons. The summed E-state index contributed by atoms with van der Waals surface area (Å²) >= 11 is 0. The van der Waals surface area contributed by atoms with Gasteiger partial charge in [-0.3, -0.25) is 0 Å². The second-order valence-corrected chi connectivity index (χ2v) is 19.1. The number of nitrogens with zero attached hydrogens (tertiary/aromatic N) is 2. The number of aryl methyl sites for hydroxylation is 4. The third-order valence-corrected chi connectivity index (χ3v) is 13.5. The zero-order valence-corrected chi connectivity index (χ0v) is 37.6. The van der Waals surface area contributed by atoms with Crippen molar-refractivity contribution in [2.75, 3.05) is 9.80 Å². The fraction of sp³-hybridized carbons (Fsp3) is 0.308. The molecular weight excluding hydrogens is 754 g/mol. The highest BCUT2D eigenvalue weighted by molar-refractivity contribution is 6.62. The lowest BCUT2D eigenvalue weighted by atomic mass is 9.79. The number of rotatable bonds is 8. The molecule has 2 aliphatic heterocycles. The highest BCUT2D eigenvalue weighted by atomic mass is 16.7. The molecule has 0 saturated carbocycles. The fourth-order valence-electron chi connectivity index (χ4n) is 8.52. The summed E-state index contributed by atoms with van der Waals surface area (Å²) < 4.78 is 32.2. The summed E-state index contributed by atoms with van der Waals surface area (Å²) in [4.78, 5) is 4.66. The van der Waals surface area contributed by atoms with Gasteiger partial charge in [-0.05, 0) is 178 Å². The molecule has 6 aromatic carbocycles. The van der Waals surface area contributed by atoms with Crippen LogP contribution >= 0.6 is 0 Å². The molecule has 9 heteroatoms. The van der Waals surface area contributed by atoms with Crippen LogP contribution in [0.5, 0.6) is 0 Å². The van der Waals surface area contributed by atoms with Gasteiger partial charge >= 0.3 is 14.2 Å². The van der Waals surface area contributed by atoms with Crippen LogP contribution in [0.4, 0.5) is 34.1 Å². The summed E-state index contributed by atoms with van der Waals surface area (Å²) in [5, 5.41) is 2.07. The Kier molecular flexibility index (Phi) is 9.87. The van der Waals surface area contributed by atoms with Crippen LogP contribution in [0.2, 0.25) is 0 Å². The van der Waals surface area contributed by atoms with E-state index in [-0.39, 0.29) is 0 Å². The van der Waals surface area contributed by atoms with Crippen molar-refractivity contribution in [1.82, 2.24) is 0 Å². The van der Waals surface area contributed by atoms with Crippen molar-refractivity contribution in [3.05, 3.63) is 144 Å². The summed E-state index contributed by atoms with van der Waals surface area (Å²) in [5.41, 5.74) is 13.1. The number of hydrogen-bond acceptors (Lipinski definition) is 7. The lowest BCUT2D eigenvalue weighted by molar-refractivity contribution is 0.00578. The number of benzene rings is 6. The Hall–Kier alpha value is -5.31. The molecule has 0 unspecified atom stereocenters. The minimum Gasteiger partial charge on any atom is -0.456 e. The van der Waals surface area contributed by atoms with Crippen LogP contribution in [-0.2, 0) is 18.6 Å². The van der Waals surface area contributed by atoms with Crippen molar-refractivity contribution < 1.29 is 23.0 Å². The van der Waals surface area contributed by atoms with E-state index in [0.29, 0.717) is 0 Å². The van der Waals surface area contributed by atoms with Gasteiger partial charge in [-0.2, -0.15) is 0 Å². The SMILES string of the molecule is Cc1ccc(N(c2ccc(B3OC(C)(C)C(C)(C)O3)cc2)c2ccc3oc4ccc(N(c5ccc(B6OC(C)(C)C(C)(C)O6)cc5)c5ccc(C)cc5C)cc4c3c2)c(C)c1. The third kappa shape index (κ3) is 7.25. The molecule has 0 aliphatic carbocycles. The van der Waals surface area contributed by atoms with Crippen LogP contribution in [0.15, 0.2) is 126 Å². The van der Waals surface area contributed by atoms with Gasteiger partial charge in [0.1, 0.15) is 11.2 Å². The maximum atomic E-state index is 6.54. The molecule has 2 saturated heterocycles. The zero-order chi connectivity index (χ0) is 43.2. The summed E-state index contributed by atoms with van der Waals surface area (Å²) in [7, 11) is -0.874. The summed E-state index contributed by atoms with van der Waals surface area (Å²) in [6.45, 7) is 25.3. The molecule has 1 aromatic heterocycles. The average Bonchev–Trinajstić information content (AvgIpc) is 3.76. The summed E-state index contributed by atoms with van der Waals surface area (Å²) in [6.07, 6.45) is 0. The van der Waals surface area contributed by atoms with Crippen molar-refractivity contribution in [3.63, 3.8) is 0 Å². The number of anilines is 6. The molecule has 0 amide bonds.